The molecule has 0 bridgehead atoms. The highest BCUT2D eigenvalue weighted by Gasteiger charge is 2.45. The molecule has 2 N–H and O–H groups in total. The molecule has 4 nitrogen and oxygen atoms in total. The molecule has 47 heavy (non-hydrogen) atoms. The van der Waals surface area contributed by atoms with E-state index in [1.54, 1.807) is 4.91 Å². The van der Waals surface area contributed by atoms with Crippen molar-refractivity contribution in [1.29, 1.82) is 0 Å². The molecule has 1 aromatic rings. The van der Waals surface area contributed by atoms with Crippen molar-refractivity contribution in [2.45, 2.75) is 141 Å². The molecule has 5 unspecified atom stereocenters. The van der Waals surface area contributed by atoms with Crippen LogP contribution in [0.1, 0.15) is 112 Å². The van der Waals surface area contributed by atoms with Crippen molar-refractivity contribution < 1.29 is 0 Å². The summed E-state index contributed by atoms with van der Waals surface area (Å²) in [6, 6.07) is 13.7. The van der Waals surface area contributed by atoms with Gasteiger partial charge in [-0.25, -0.2) is 0 Å². The van der Waals surface area contributed by atoms with Crippen molar-refractivity contribution in [2.24, 2.45) is 11.3 Å². The predicted molar refractivity (Wildman–Crippen MR) is 211 cm³/mol. The Morgan fingerprint density at radius 3 is 2.02 bits per heavy atom. The number of hydrogen-bond acceptors (Lipinski definition) is 6. The largest absolute Gasteiger partial charge is 0.315 e. The van der Waals surface area contributed by atoms with Gasteiger partial charge in [-0.3, -0.25) is 9.80 Å². The molecule has 0 aliphatic heterocycles. The first-order chi connectivity index (χ1) is 23.0. The Hall–Kier alpha value is -0.760. The number of benzene rings is 1. The first-order valence-electron chi connectivity index (χ1n) is 19.6. The molecular weight excluding hydrogens is 613 g/mol. The van der Waals surface area contributed by atoms with Gasteiger partial charge in [-0.2, -0.15) is 0 Å². The van der Waals surface area contributed by atoms with Crippen LogP contribution in [0.4, 0.5) is 0 Å². The highest BCUT2D eigenvalue weighted by Crippen LogP contribution is 2.55. The second-order valence-corrected chi connectivity index (χ2v) is 17.1. The van der Waals surface area contributed by atoms with Gasteiger partial charge in [0.05, 0.1) is 0 Å². The highest BCUT2D eigenvalue weighted by atomic mass is 32.2. The standard InChI is InChI=1S/C41H70N4S2/c1-6-35(4)44(37-18-11-12-19-37)29-27-43-26-16-32-47-40-23-13-17-34(3)41(40)24-14-20-38(33-41)45(36(5)7-2)30-28-42-25-15-31-46-39-21-9-8-10-22-39/h8-10,13,17,21-23,34-38,42-43H,6-7,11-12,14-16,18-20,24-33H2,1-5H3. The predicted octanol–water partition coefficient (Wildman–Crippen LogP) is 9.63. The van der Waals surface area contributed by atoms with Crippen molar-refractivity contribution in [2.75, 3.05) is 50.8 Å². The molecule has 5 atom stereocenters. The summed E-state index contributed by atoms with van der Waals surface area (Å²) in [6.07, 6.45) is 23.4. The quantitative estimate of drug-likeness (QED) is 0.0936. The monoisotopic (exact) mass is 683 g/mol. The molecule has 0 heterocycles. The zero-order valence-electron chi connectivity index (χ0n) is 30.9. The molecule has 4 rings (SSSR count). The molecule has 0 amide bonds. The van der Waals surface area contributed by atoms with E-state index in [1.165, 1.54) is 107 Å². The minimum atomic E-state index is 0.321. The minimum Gasteiger partial charge on any atom is -0.315 e. The van der Waals surface area contributed by atoms with Crippen LogP contribution >= 0.6 is 23.5 Å². The summed E-state index contributed by atoms with van der Waals surface area (Å²) in [7, 11) is 0. The first kappa shape index (κ1) is 39.0. The Morgan fingerprint density at radius 1 is 0.787 bits per heavy atom. The topological polar surface area (TPSA) is 30.5 Å². The van der Waals surface area contributed by atoms with Gasteiger partial charge in [0.2, 0.25) is 0 Å². The average molecular weight is 683 g/mol. The van der Waals surface area contributed by atoms with Gasteiger partial charge >= 0.3 is 0 Å². The van der Waals surface area contributed by atoms with Gasteiger partial charge in [-0.05, 0) is 119 Å². The number of thioether (sulfide) groups is 2. The molecule has 2 saturated carbocycles. The van der Waals surface area contributed by atoms with Gasteiger partial charge in [0.15, 0.2) is 0 Å². The number of hydrogen-bond donors (Lipinski definition) is 2. The molecule has 0 aromatic heterocycles. The van der Waals surface area contributed by atoms with E-state index in [2.05, 4.69) is 115 Å². The third-order valence-electron chi connectivity index (χ3n) is 11.7. The Kier molecular flexibility index (Phi) is 17.8. The zero-order chi connectivity index (χ0) is 33.3. The van der Waals surface area contributed by atoms with E-state index in [-0.39, 0.29) is 0 Å². The Balaban J connectivity index is 1.21. The smallest absolute Gasteiger partial charge is 0.0113 e. The second-order valence-electron chi connectivity index (χ2n) is 14.8. The third kappa shape index (κ3) is 11.9. The molecule has 1 aromatic carbocycles. The van der Waals surface area contributed by atoms with Gasteiger partial charge in [0.1, 0.15) is 0 Å². The van der Waals surface area contributed by atoms with Crippen LogP contribution in [0.3, 0.4) is 0 Å². The van der Waals surface area contributed by atoms with Crippen LogP contribution in [0.25, 0.3) is 0 Å². The van der Waals surface area contributed by atoms with Crippen LogP contribution in [0.15, 0.2) is 58.4 Å². The fourth-order valence-electron chi connectivity index (χ4n) is 8.45. The number of nitrogens with zero attached hydrogens (tertiary/aromatic N) is 2. The lowest BCUT2D eigenvalue weighted by Crippen LogP contribution is -2.50. The molecule has 2 fully saturated rings. The van der Waals surface area contributed by atoms with Crippen LogP contribution in [0.2, 0.25) is 0 Å². The van der Waals surface area contributed by atoms with Gasteiger partial charge in [0.25, 0.3) is 0 Å². The summed E-state index contributed by atoms with van der Waals surface area (Å²) in [6.45, 7) is 19.0. The van der Waals surface area contributed by atoms with Crippen LogP contribution in [-0.4, -0.2) is 84.7 Å². The Morgan fingerprint density at radius 2 is 1.38 bits per heavy atom. The van der Waals surface area contributed by atoms with Crippen LogP contribution < -0.4 is 10.6 Å². The van der Waals surface area contributed by atoms with Crippen molar-refractivity contribution in [3.05, 3.63) is 53.5 Å². The lowest BCUT2D eigenvalue weighted by molar-refractivity contribution is 0.0526. The maximum atomic E-state index is 3.82. The van der Waals surface area contributed by atoms with Gasteiger partial charge in [-0.15, -0.1) is 23.5 Å². The van der Waals surface area contributed by atoms with E-state index in [0.717, 1.165) is 32.2 Å². The summed E-state index contributed by atoms with van der Waals surface area (Å²) in [4.78, 5) is 8.76. The Bertz CT molecular complexity index is 1040. The van der Waals surface area contributed by atoms with Crippen molar-refractivity contribution in [3.63, 3.8) is 0 Å². The van der Waals surface area contributed by atoms with E-state index in [4.69, 9.17) is 0 Å². The molecule has 3 aliphatic carbocycles. The summed E-state index contributed by atoms with van der Waals surface area (Å²) >= 11 is 4.16. The molecule has 1 spiro atoms. The number of rotatable bonds is 22. The van der Waals surface area contributed by atoms with E-state index in [1.807, 2.05) is 11.8 Å². The lowest BCUT2D eigenvalue weighted by atomic mass is 9.63. The fraction of sp³-hybridized carbons (Fsp3) is 0.756. The van der Waals surface area contributed by atoms with E-state index >= 15 is 0 Å². The van der Waals surface area contributed by atoms with E-state index in [0.29, 0.717) is 29.5 Å². The lowest BCUT2D eigenvalue weighted by Gasteiger charge is -2.50. The summed E-state index contributed by atoms with van der Waals surface area (Å²) in [5, 5.41) is 7.61. The summed E-state index contributed by atoms with van der Waals surface area (Å²) < 4.78 is 0. The highest BCUT2D eigenvalue weighted by molar-refractivity contribution is 8.03. The van der Waals surface area contributed by atoms with Crippen LogP contribution in [-0.2, 0) is 0 Å². The maximum absolute atomic E-state index is 3.82. The van der Waals surface area contributed by atoms with Crippen LogP contribution in [0, 0.1) is 11.3 Å². The first-order valence-corrected chi connectivity index (χ1v) is 21.6. The molecule has 0 saturated heterocycles. The van der Waals surface area contributed by atoms with E-state index in [9.17, 15) is 0 Å². The fourth-order valence-corrected chi connectivity index (χ4v) is 10.7. The number of nitrogens with one attached hydrogen (secondary N) is 2. The minimum absolute atomic E-state index is 0.321. The SMILES string of the molecule is CCC(C)N(CCNCCCSC1=CC=CC(C)C12CCCC(N(CCNCCCSc1ccccc1)C(C)CC)C2)C1CCCC1. The molecule has 3 aliphatic rings. The van der Waals surface area contributed by atoms with Gasteiger partial charge in [0, 0.05) is 60.7 Å². The van der Waals surface area contributed by atoms with Crippen molar-refractivity contribution >= 4 is 23.5 Å². The summed E-state index contributed by atoms with van der Waals surface area (Å²) in [5.74, 6) is 3.03. The molecule has 266 valence electrons. The van der Waals surface area contributed by atoms with Gasteiger partial charge < -0.3 is 10.6 Å². The Labute approximate surface area is 299 Å². The van der Waals surface area contributed by atoms with Crippen LogP contribution in [0.5, 0.6) is 0 Å². The van der Waals surface area contributed by atoms with Crippen molar-refractivity contribution in [3.8, 4) is 0 Å². The van der Waals surface area contributed by atoms with Gasteiger partial charge in [-0.1, -0.05) is 76.5 Å². The van der Waals surface area contributed by atoms with E-state index < -0.39 is 0 Å². The average Bonchev–Trinajstić information content (AvgIpc) is 3.64. The molecule has 6 heteroatoms. The van der Waals surface area contributed by atoms with Crippen molar-refractivity contribution in [1.82, 2.24) is 20.4 Å². The third-order valence-corrected chi connectivity index (χ3v) is 14.2. The maximum Gasteiger partial charge on any atom is 0.0113 e. The number of allylic oxidation sites excluding steroid dienone is 4. The molecular formula is C41H70N4S2. The molecule has 0 radical (unpaired) electrons. The zero-order valence-corrected chi connectivity index (χ0v) is 32.5. The summed E-state index contributed by atoms with van der Waals surface area (Å²) in [5.41, 5.74) is 0.321. The second kappa shape index (κ2) is 21.5. The normalized spacial score (nSPS) is 24.8.